The Morgan fingerprint density at radius 1 is 0.281 bits per heavy atom. The van der Waals surface area contributed by atoms with Gasteiger partial charge in [0, 0.05) is 25.7 Å². The van der Waals surface area contributed by atoms with Gasteiger partial charge in [-0.1, -0.05) is 282 Å². The number of hydrogen-bond donors (Lipinski definition) is 3. The van der Waals surface area contributed by atoms with Gasteiger partial charge in [0.2, 0.25) is 0 Å². The molecule has 0 aliphatic heterocycles. The van der Waals surface area contributed by atoms with Crippen molar-refractivity contribution in [1.82, 2.24) is 0 Å². The summed E-state index contributed by atoms with van der Waals surface area (Å²) >= 11 is 0. The van der Waals surface area contributed by atoms with E-state index in [0.717, 1.165) is 148 Å². The summed E-state index contributed by atoms with van der Waals surface area (Å²) in [5, 5.41) is 10.6. The maximum absolute atomic E-state index is 13.1. The van der Waals surface area contributed by atoms with Gasteiger partial charge >= 0.3 is 39.5 Å². The molecule has 3 N–H and O–H groups in total. The second-order valence-electron chi connectivity index (χ2n) is 26.7. The molecule has 0 spiro atoms. The largest absolute Gasteiger partial charge is 0.472 e. The van der Waals surface area contributed by atoms with Gasteiger partial charge in [-0.2, -0.15) is 0 Å². The highest BCUT2D eigenvalue weighted by Crippen LogP contribution is 2.45. The van der Waals surface area contributed by atoms with Gasteiger partial charge < -0.3 is 33.8 Å². The van der Waals surface area contributed by atoms with Gasteiger partial charge in [-0.15, -0.1) is 0 Å². The Hall–Kier alpha value is -2.72. The fraction of sp³-hybridized carbons (Fsp3) is 0.870. The van der Waals surface area contributed by atoms with Gasteiger partial charge in [0.1, 0.15) is 19.3 Å². The molecule has 0 aromatic heterocycles. The van der Waals surface area contributed by atoms with Crippen LogP contribution in [0, 0.1) is 0 Å². The summed E-state index contributed by atoms with van der Waals surface area (Å²) < 4.78 is 68.5. The van der Waals surface area contributed by atoms with Crippen molar-refractivity contribution in [2.45, 2.75) is 393 Å². The number of carbonyl (C=O) groups excluding carboxylic acids is 4. The first-order valence-corrected chi connectivity index (χ1v) is 42.2. The minimum absolute atomic E-state index is 0.0923. The van der Waals surface area contributed by atoms with Crippen molar-refractivity contribution in [2.24, 2.45) is 0 Å². The van der Waals surface area contributed by atoms with Crippen LogP contribution in [0.15, 0.2) is 36.5 Å². The zero-order valence-electron chi connectivity index (χ0n) is 61.6. The highest BCUT2D eigenvalue weighted by atomic mass is 31.2. The Morgan fingerprint density at radius 2 is 0.479 bits per heavy atom. The predicted molar refractivity (Wildman–Crippen MR) is 391 cm³/mol. The van der Waals surface area contributed by atoms with Gasteiger partial charge in [0.25, 0.3) is 0 Å². The number of hydrogen-bond acceptors (Lipinski definition) is 15. The third-order valence-corrected chi connectivity index (χ3v) is 19.0. The molecule has 0 aromatic rings. The Kier molecular flexibility index (Phi) is 68.7. The first-order valence-electron chi connectivity index (χ1n) is 39.2. The Balaban J connectivity index is 5.31. The molecule has 0 heterocycles. The molecular formula is C77H144O17P2. The number of aliphatic hydroxyl groups excluding tert-OH is 1. The molecule has 2 unspecified atom stereocenters. The molecule has 0 fully saturated rings. The molecule has 0 bridgehead atoms. The van der Waals surface area contributed by atoms with Crippen molar-refractivity contribution < 1.29 is 80.2 Å². The van der Waals surface area contributed by atoms with Crippen molar-refractivity contribution in [2.75, 3.05) is 39.6 Å². The molecule has 0 aromatic carbocycles. The van der Waals surface area contributed by atoms with E-state index >= 15 is 0 Å². The highest BCUT2D eigenvalue weighted by molar-refractivity contribution is 7.47. The van der Waals surface area contributed by atoms with Gasteiger partial charge in [0.15, 0.2) is 12.2 Å². The average Bonchev–Trinajstić information content (AvgIpc) is 1.36. The lowest BCUT2D eigenvalue weighted by Gasteiger charge is -2.21. The second kappa shape index (κ2) is 70.7. The number of phosphoric acid groups is 2. The van der Waals surface area contributed by atoms with E-state index in [1.165, 1.54) is 148 Å². The summed E-state index contributed by atoms with van der Waals surface area (Å²) in [5.41, 5.74) is 0. The summed E-state index contributed by atoms with van der Waals surface area (Å²) in [6, 6.07) is 0. The highest BCUT2D eigenvalue weighted by Gasteiger charge is 2.30. The first kappa shape index (κ1) is 93.3. The van der Waals surface area contributed by atoms with E-state index in [4.69, 9.17) is 37.0 Å². The van der Waals surface area contributed by atoms with Crippen molar-refractivity contribution in [3.8, 4) is 0 Å². The SMILES string of the molecule is CCCCCC/C=C\CCCCCCCCCC(=O)OC[C@H](COP(=O)(O)OC[C@@H](O)COP(=O)(O)OC[C@@H](COC(=O)CCCCCCCCCCCCCCC)OC(=O)CCCCCCC/C=C\CCCCCC)OC(=O)CCCCCCCCC/C=C\CCCCCC. The minimum atomic E-state index is -4.97. The Bertz CT molecular complexity index is 1970. The fourth-order valence-corrected chi connectivity index (χ4v) is 12.6. The maximum Gasteiger partial charge on any atom is 0.472 e. The second-order valence-corrected chi connectivity index (χ2v) is 29.6. The summed E-state index contributed by atoms with van der Waals surface area (Å²) in [5.74, 6) is -2.15. The van der Waals surface area contributed by atoms with Crippen LogP contribution in [0.3, 0.4) is 0 Å². The standard InChI is InChI=1S/C77H144O17P2/c1-5-9-13-17-21-25-29-33-35-39-42-46-50-54-58-62-75(80)88-68-73(94-77(82)64-60-56-52-48-44-40-36-34-30-26-22-18-14-10-6-2)70-92-96(85,86)90-66-71(78)65-89-95(83,84)91-69-72(93-76(81)63-59-55-51-47-43-38-32-28-24-20-16-12-8-4)67-87-74(79)61-57-53-49-45-41-37-31-27-23-19-15-11-7-3/h25-26,28-30,32,71-73,78H,5-24,27,31,33-70H2,1-4H3,(H,83,84)(H,85,86)/b29-25-,30-26-,32-28-/t71-,72+,73+/m0/s1. The Labute approximate surface area is 585 Å². The molecular weight excluding hydrogens is 1260 g/mol. The lowest BCUT2D eigenvalue weighted by atomic mass is 10.0. The van der Waals surface area contributed by atoms with Crippen molar-refractivity contribution in [3.05, 3.63) is 36.5 Å². The van der Waals surface area contributed by atoms with E-state index in [1.54, 1.807) is 0 Å². The molecule has 0 saturated carbocycles. The number of rotatable bonds is 75. The lowest BCUT2D eigenvalue weighted by molar-refractivity contribution is -0.161. The van der Waals surface area contributed by atoms with Crippen LogP contribution in [-0.2, 0) is 65.4 Å². The lowest BCUT2D eigenvalue weighted by Crippen LogP contribution is -2.30. The van der Waals surface area contributed by atoms with Crippen molar-refractivity contribution >= 4 is 39.5 Å². The van der Waals surface area contributed by atoms with Crippen LogP contribution in [0.1, 0.15) is 374 Å². The van der Waals surface area contributed by atoms with E-state index in [9.17, 15) is 43.2 Å². The monoisotopic (exact) mass is 1400 g/mol. The van der Waals surface area contributed by atoms with Crippen LogP contribution in [-0.4, -0.2) is 96.7 Å². The smallest absolute Gasteiger partial charge is 0.462 e. The number of unbranched alkanes of at least 4 members (excludes halogenated alkanes) is 43. The molecule has 19 heteroatoms. The summed E-state index contributed by atoms with van der Waals surface area (Å²) in [6.07, 6.45) is 65.5. The van der Waals surface area contributed by atoms with Gasteiger partial charge in [-0.05, 0) is 103 Å². The zero-order valence-corrected chi connectivity index (χ0v) is 63.4. The number of carbonyl (C=O) groups is 4. The minimum Gasteiger partial charge on any atom is -0.462 e. The van der Waals surface area contributed by atoms with Crippen LogP contribution in [0.5, 0.6) is 0 Å². The van der Waals surface area contributed by atoms with Gasteiger partial charge in [-0.3, -0.25) is 37.3 Å². The van der Waals surface area contributed by atoms with E-state index in [-0.39, 0.29) is 25.7 Å². The Morgan fingerprint density at radius 3 is 0.729 bits per heavy atom. The van der Waals surface area contributed by atoms with Crippen LogP contribution in [0.25, 0.3) is 0 Å². The van der Waals surface area contributed by atoms with E-state index < -0.39 is 97.5 Å². The fourth-order valence-electron chi connectivity index (χ4n) is 11.0. The predicted octanol–water partition coefficient (Wildman–Crippen LogP) is 22.3. The zero-order chi connectivity index (χ0) is 70.4. The topological polar surface area (TPSA) is 237 Å². The molecule has 0 aliphatic rings. The van der Waals surface area contributed by atoms with Crippen molar-refractivity contribution in [3.63, 3.8) is 0 Å². The third-order valence-electron chi connectivity index (χ3n) is 17.1. The normalized spacial score (nSPS) is 14.1. The number of esters is 4. The van der Waals surface area contributed by atoms with Gasteiger partial charge in [0.05, 0.1) is 26.4 Å². The third kappa shape index (κ3) is 69.7. The summed E-state index contributed by atoms with van der Waals surface area (Å²) in [6.45, 7) is 4.90. The molecule has 0 aliphatic carbocycles. The number of ether oxygens (including phenoxy) is 4. The van der Waals surface area contributed by atoms with Crippen LogP contribution < -0.4 is 0 Å². The maximum atomic E-state index is 13.1. The van der Waals surface area contributed by atoms with Crippen molar-refractivity contribution in [1.29, 1.82) is 0 Å². The number of allylic oxidation sites excluding steroid dienone is 6. The molecule has 0 saturated heterocycles. The molecule has 564 valence electrons. The van der Waals surface area contributed by atoms with E-state index in [2.05, 4.69) is 64.2 Å². The molecule has 17 nitrogen and oxygen atoms in total. The molecule has 0 rings (SSSR count). The number of phosphoric ester groups is 2. The number of aliphatic hydroxyl groups is 1. The van der Waals surface area contributed by atoms with E-state index in [0.29, 0.717) is 25.7 Å². The molecule has 0 radical (unpaired) electrons. The van der Waals surface area contributed by atoms with E-state index in [1.807, 2.05) is 0 Å². The molecule has 5 atom stereocenters. The first-order chi connectivity index (χ1) is 46.7. The molecule has 96 heavy (non-hydrogen) atoms. The summed E-state index contributed by atoms with van der Waals surface area (Å²) in [4.78, 5) is 72.8. The summed E-state index contributed by atoms with van der Waals surface area (Å²) in [7, 11) is -9.93. The molecule has 0 amide bonds. The van der Waals surface area contributed by atoms with Crippen LogP contribution in [0.2, 0.25) is 0 Å². The van der Waals surface area contributed by atoms with Crippen LogP contribution >= 0.6 is 15.6 Å². The van der Waals surface area contributed by atoms with Crippen LogP contribution in [0.4, 0.5) is 0 Å². The van der Waals surface area contributed by atoms with Gasteiger partial charge in [-0.25, -0.2) is 9.13 Å². The average molecular weight is 1400 g/mol. The quantitative estimate of drug-likeness (QED) is 0.0169.